The first-order valence-electron chi connectivity index (χ1n) is 12.8. The second-order valence-corrected chi connectivity index (χ2v) is 10.6. The van der Waals surface area contributed by atoms with Crippen LogP contribution in [0.5, 0.6) is 0 Å². The Morgan fingerprint density at radius 2 is 1.80 bits per heavy atom. The highest BCUT2D eigenvalue weighted by Gasteiger charge is 2.21. The Balaban J connectivity index is 1.36. The SMILES string of the molecule is CCc1c(C)nc2c(-n3cnc(I)c3)c(Cc3cc(=O)n4[nH]cc(-n5cnc(-c6ccccn6)c5)c4n3)[nH]n2c1=O. The molecule has 14 heteroatoms. The van der Waals surface area contributed by atoms with Gasteiger partial charge in [0.15, 0.2) is 11.3 Å². The van der Waals surface area contributed by atoms with Crippen LogP contribution in [0.4, 0.5) is 0 Å². The zero-order chi connectivity index (χ0) is 28.2. The van der Waals surface area contributed by atoms with Gasteiger partial charge in [-0.2, -0.15) is 9.03 Å². The summed E-state index contributed by atoms with van der Waals surface area (Å²) in [5, 5.41) is 6.22. The molecular formula is C27H22IN11O2. The highest BCUT2D eigenvalue weighted by molar-refractivity contribution is 14.1. The number of aromatic amines is 2. The predicted octanol–water partition coefficient (Wildman–Crippen LogP) is 2.86. The molecule has 0 amide bonds. The maximum atomic E-state index is 13.3. The number of nitrogens with one attached hydrogen (secondary N) is 2. The Morgan fingerprint density at radius 1 is 0.951 bits per heavy atom. The van der Waals surface area contributed by atoms with Crippen molar-refractivity contribution < 1.29 is 0 Å². The van der Waals surface area contributed by atoms with Gasteiger partial charge in [-0.25, -0.2) is 19.9 Å². The van der Waals surface area contributed by atoms with Gasteiger partial charge in [-0.15, -0.1) is 0 Å². The summed E-state index contributed by atoms with van der Waals surface area (Å²) < 4.78 is 7.26. The summed E-state index contributed by atoms with van der Waals surface area (Å²) in [7, 11) is 0. The second kappa shape index (κ2) is 9.65. The monoisotopic (exact) mass is 659 g/mol. The standard InChI is InChI=1S/C27H22IN11O2/c1-3-17-15(2)33-26-24(37-12-22(28)31-14-37)19(35-39(26)27(17)41)8-16-9-23(40)38-25(34-16)21(10-32-38)36-11-20(30-13-36)18-6-4-5-7-29-18/h4-7,9-14,32,35H,3,8H2,1-2H3. The fourth-order valence-corrected chi connectivity index (χ4v) is 5.47. The number of aromatic nitrogens is 11. The summed E-state index contributed by atoms with van der Waals surface area (Å²) in [4.78, 5) is 49.3. The molecule has 0 aliphatic rings. The van der Waals surface area contributed by atoms with E-state index in [0.29, 0.717) is 57.4 Å². The van der Waals surface area contributed by atoms with Crippen molar-refractivity contribution in [2.75, 3.05) is 0 Å². The second-order valence-electron chi connectivity index (χ2n) is 9.50. The molecule has 0 saturated heterocycles. The van der Waals surface area contributed by atoms with Gasteiger partial charge >= 0.3 is 0 Å². The van der Waals surface area contributed by atoms with Crippen molar-refractivity contribution >= 4 is 33.9 Å². The quantitative estimate of drug-likeness (QED) is 0.261. The number of imidazole rings is 2. The zero-order valence-corrected chi connectivity index (χ0v) is 24.1. The van der Waals surface area contributed by atoms with E-state index in [1.165, 1.54) is 15.1 Å². The first-order chi connectivity index (χ1) is 19.9. The van der Waals surface area contributed by atoms with E-state index in [-0.39, 0.29) is 17.5 Å². The smallest absolute Gasteiger partial charge is 0.276 e. The summed E-state index contributed by atoms with van der Waals surface area (Å²) in [5.74, 6) is 0. The van der Waals surface area contributed by atoms with Gasteiger partial charge in [0.1, 0.15) is 33.4 Å². The van der Waals surface area contributed by atoms with Crippen molar-refractivity contribution in [3.63, 3.8) is 0 Å². The van der Waals surface area contributed by atoms with E-state index in [2.05, 4.69) is 47.7 Å². The van der Waals surface area contributed by atoms with Crippen molar-refractivity contribution in [1.82, 2.24) is 53.3 Å². The van der Waals surface area contributed by atoms with E-state index < -0.39 is 0 Å². The van der Waals surface area contributed by atoms with E-state index in [1.807, 2.05) is 49.0 Å². The van der Waals surface area contributed by atoms with Crippen LogP contribution in [0.15, 0.2) is 71.3 Å². The van der Waals surface area contributed by atoms with Gasteiger partial charge in [0.25, 0.3) is 11.1 Å². The number of nitrogens with zero attached hydrogens (tertiary/aromatic N) is 9. The summed E-state index contributed by atoms with van der Waals surface area (Å²) in [5.41, 5.74) is 5.77. The van der Waals surface area contributed by atoms with Crippen LogP contribution in [-0.4, -0.2) is 53.3 Å². The molecule has 2 N–H and O–H groups in total. The Hall–Kier alpha value is -4.86. The maximum Gasteiger partial charge on any atom is 0.276 e. The third-order valence-electron chi connectivity index (χ3n) is 6.97. The predicted molar refractivity (Wildman–Crippen MR) is 159 cm³/mol. The minimum atomic E-state index is -0.268. The van der Waals surface area contributed by atoms with Crippen LogP contribution in [0, 0.1) is 10.6 Å². The molecular weight excluding hydrogens is 637 g/mol. The van der Waals surface area contributed by atoms with Gasteiger partial charge in [0, 0.05) is 48.5 Å². The van der Waals surface area contributed by atoms with E-state index >= 15 is 0 Å². The third-order valence-corrected chi connectivity index (χ3v) is 7.52. The molecule has 0 radical (unpaired) electrons. The van der Waals surface area contributed by atoms with Crippen molar-refractivity contribution in [2.24, 2.45) is 0 Å². The first-order valence-corrected chi connectivity index (χ1v) is 13.9. The topological polar surface area (TPSA) is 149 Å². The molecule has 0 aliphatic carbocycles. The summed E-state index contributed by atoms with van der Waals surface area (Å²) in [6.45, 7) is 3.77. The van der Waals surface area contributed by atoms with Gasteiger partial charge in [0.2, 0.25) is 0 Å². The molecule has 0 atom stereocenters. The van der Waals surface area contributed by atoms with Crippen molar-refractivity contribution in [3.05, 3.63) is 109 Å². The van der Waals surface area contributed by atoms with Crippen molar-refractivity contribution in [3.8, 4) is 22.8 Å². The summed E-state index contributed by atoms with van der Waals surface area (Å²) >= 11 is 2.13. The lowest BCUT2D eigenvalue weighted by Crippen LogP contribution is -2.21. The van der Waals surface area contributed by atoms with Crippen LogP contribution in [0.1, 0.15) is 29.6 Å². The molecule has 7 heterocycles. The lowest BCUT2D eigenvalue weighted by molar-refractivity contribution is 0.823. The van der Waals surface area contributed by atoms with E-state index in [9.17, 15) is 9.59 Å². The Labute approximate surface area is 244 Å². The lowest BCUT2D eigenvalue weighted by atomic mass is 10.2. The highest BCUT2D eigenvalue weighted by Crippen LogP contribution is 2.24. The van der Waals surface area contributed by atoms with E-state index in [0.717, 1.165) is 9.39 Å². The van der Waals surface area contributed by atoms with Gasteiger partial charge in [-0.1, -0.05) is 13.0 Å². The van der Waals surface area contributed by atoms with Crippen LogP contribution in [0.25, 0.3) is 34.1 Å². The van der Waals surface area contributed by atoms with E-state index in [4.69, 9.17) is 9.97 Å². The molecule has 0 unspecified atom stereocenters. The molecule has 7 aromatic rings. The Bertz CT molecular complexity index is 2200. The van der Waals surface area contributed by atoms with Crippen molar-refractivity contribution in [1.29, 1.82) is 0 Å². The average Bonchev–Trinajstić information content (AvgIpc) is 3.75. The molecule has 41 heavy (non-hydrogen) atoms. The van der Waals surface area contributed by atoms with Gasteiger partial charge in [-0.3, -0.25) is 24.8 Å². The first kappa shape index (κ1) is 25.1. The normalized spacial score (nSPS) is 11.7. The third kappa shape index (κ3) is 4.18. The van der Waals surface area contributed by atoms with Gasteiger partial charge in [-0.05, 0) is 48.1 Å². The maximum absolute atomic E-state index is 13.3. The highest BCUT2D eigenvalue weighted by atomic mass is 127. The minimum Gasteiger partial charge on any atom is -0.301 e. The number of hydrogen-bond donors (Lipinski definition) is 2. The summed E-state index contributed by atoms with van der Waals surface area (Å²) in [6, 6.07) is 7.11. The largest absolute Gasteiger partial charge is 0.301 e. The van der Waals surface area contributed by atoms with Crippen LogP contribution < -0.4 is 11.1 Å². The molecule has 0 spiro atoms. The van der Waals surface area contributed by atoms with Crippen LogP contribution in [0.3, 0.4) is 0 Å². The number of halogens is 1. The number of rotatable bonds is 6. The van der Waals surface area contributed by atoms with Crippen LogP contribution >= 0.6 is 22.6 Å². The fraction of sp³-hybridized carbons (Fsp3) is 0.148. The zero-order valence-electron chi connectivity index (χ0n) is 21.9. The number of pyridine rings is 1. The molecule has 7 rings (SSSR count). The number of aryl methyl sites for hydroxylation is 1. The molecule has 7 aromatic heterocycles. The lowest BCUT2D eigenvalue weighted by Gasteiger charge is -2.06. The minimum absolute atomic E-state index is 0.155. The van der Waals surface area contributed by atoms with Gasteiger partial charge < -0.3 is 9.13 Å². The number of H-pyrrole nitrogens is 2. The van der Waals surface area contributed by atoms with E-state index in [1.54, 1.807) is 29.6 Å². The fourth-order valence-electron chi connectivity index (χ4n) is 5.05. The average molecular weight is 659 g/mol. The van der Waals surface area contributed by atoms with Crippen LogP contribution in [0.2, 0.25) is 0 Å². The molecule has 0 aliphatic heterocycles. The number of fused-ring (bicyclic) bond motifs is 2. The molecule has 13 nitrogen and oxygen atoms in total. The van der Waals surface area contributed by atoms with Gasteiger partial charge in [0.05, 0.1) is 17.1 Å². The Kier molecular flexibility index (Phi) is 5.92. The molecule has 0 fully saturated rings. The molecule has 0 bridgehead atoms. The van der Waals surface area contributed by atoms with Crippen LogP contribution in [-0.2, 0) is 12.8 Å². The number of hydrogen-bond acceptors (Lipinski definition) is 7. The molecule has 0 saturated carbocycles. The molecule has 0 aromatic carbocycles. The molecule has 204 valence electrons. The van der Waals surface area contributed by atoms with Crippen molar-refractivity contribution in [2.45, 2.75) is 26.7 Å². The Morgan fingerprint density at radius 3 is 2.56 bits per heavy atom. The summed E-state index contributed by atoms with van der Waals surface area (Å²) in [6.07, 6.45) is 11.3.